The number of anilines is 1. The summed E-state index contributed by atoms with van der Waals surface area (Å²) in [6.07, 6.45) is 1.27. The van der Waals surface area contributed by atoms with Crippen LogP contribution in [-0.4, -0.2) is 78.1 Å². The van der Waals surface area contributed by atoms with Gasteiger partial charge in [-0.3, -0.25) is 15.0 Å². The molecule has 0 atom stereocenters. The fourth-order valence-electron chi connectivity index (χ4n) is 2.26. The van der Waals surface area contributed by atoms with Crippen molar-refractivity contribution in [2.24, 2.45) is 0 Å². The number of aromatic nitrogens is 2. The second-order valence-electron chi connectivity index (χ2n) is 5.23. The first kappa shape index (κ1) is 15.9. The van der Waals surface area contributed by atoms with Crippen molar-refractivity contribution in [3.8, 4) is 0 Å². The van der Waals surface area contributed by atoms with Gasteiger partial charge in [0.1, 0.15) is 6.33 Å². The summed E-state index contributed by atoms with van der Waals surface area (Å²) in [7, 11) is 4.09. The molecule has 116 valence electrons. The van der Waals surface area contributed by atoms with E-state index in [1.54, 1.807) is 0 Å². The topological polar surface area (TPSA) is 78.6 Å². The number of hydrogen-bond donors (Lipinski definition) is 0. The van der Waals surface area contributed by atoms with Crippen LogP contribution >= 0.6 is 11.6 Å². The highest BCUT2D eigenvalue weighted by atomic mass is 35.5. The largest absolute Gasteiger partial charge is 0.348 e. The van der Waals surface area contributed by atoms with E-state index in [1.165, 1.54) is 6.33 Å². The van der Waals surface area contributed by atoms with Gasteiger partial charge in [0, 0.05) is 39.3 Å². The highest BCUT2D eigenvalue weighted by Crippen LogP contribution is 2.31. The van der Waals surface area contributed by atoms with Crippen molar-refractivity contribution >= 4 is 23.1 Å². The Bertz CT molecular complexity index is 505. The Morgan fingerprint density at radius 3 is 2.57 bits per heavy atom. The summed E-state index contributed by atoms with van der Waals surface area (Å²) < 4.78 is 0. The van der Waals surface area contributed by atoms with Gasteiger partial charge in [-0.25, -0.2) is 9.97 Å². The second-order valence-corrected chi connectivity index (χ2v) is 5.58. The molecule has 1 aliphatic rings. The summed E-state index contributed by atoms with van der Waals surface area (Å²) in [6, 6.07) is 0. The number of likely N-dealkylation sites (N-methyl/N-ethyl adjacent to an activating group) is 1. The summed E-state index contributed by atoms with van der Waals surface area (Å²) >= 11 is 5.82. The molecular formula is C12H19ClN6O2. The molecule has 0 amide bonds. The quantitative estimate of drug-likeness (QED) is 0.450. The first-order chi connectivity index (χ1) is 9.99. The van der Waals surface area contributed by atoms with Gasteiger partial charge in [-0.05, 0) is 14.1 Å². The van der Waals surface area contributed by atoms with Crippen LogP contribution in [0, 0.1) is 10.1 Å². The van der Waals surface area contributed by atoms with E-state index in [2.05, 4.69) is 19.8 Å². The first-order valence-electron chi connectivity index (χ1n) is 6.76. The minimum Gasteiger partial charge on any atom is -0.348 e. The maximum absolute atomic E-state index is 11.1. The molecule has 1 fully saturated rings. The van der Waals surface area contributed by atoms with Gasteiger partial charge < -0.3 is 9.80 Å². The van der Waals surface area contributed by atoms with Crippen molar-refractivity contribution in [2.45, 2.75) is 0 Å². The molecule has 0 saturated carbocycles. The van der Waals surface area contributed by atoms with Crippen LogP contribution in [-0.2, 0) is 0 Å². The molecule has 21 heavy (non-hydrogen) atoms. The Kier molecular flexibility index (Phi) is 5.27. The molecule has 0 N–H and O–H groups in total. The molecule has 0 unspecified atom stereocenters. The molecule has 1 aromatic rings. The molecule has 1 aromatic heterocycles. The second kappa shape index (κ2) is 6.97. The average molecular weight is 315 g/mol. The molecule has 9 heteroatoms. The lowest BCUT2D eigenvalue weighted by molar-refractivity contribution is -0.384. The van der Waals surface area contributed by atoms with Gasteiger partial charge in [-0.2, -0.15) is 0 Å². The van der Waals surface area contributed by atoms with Crippen LogP contribution in [0.2, 0.25) is 5.15 Å². The number of hydrogen-bond acceptors (Lipinski definition) is 7. The lowest BCUT2D eigenvalue weighted by atomic mass is 10.3. The van der Waals surface area contributed by atoms with Crippen molar-refractivity contribution in [1.29, 1.82) is 0 Å². The van der Waals surface area contributed by atoms with Crippen LogP contribution in [0.25, 0.3) is 0 Å². The highest BCUT2D eigenvalue weighted by molar-refractivity contribution is 6.31. The summed E-state index contributed by atoms with van der Waals surface area (Å²) in [5.74, 6) is 0.312. The Balaban J connectivity index is 2.03. The number of piperazine rings is 1. The SMILES string of the molecule is CN(C)CCN1CCN(c2ncnc(Cl)c2[N+](=O)[O-])CC1. The molecule has 2 rings (SSSR count). The van der Waals surface area contributed by atoms with Crippen molar-refractivity contribution in [3.63, 3.8) is 0 Å². The fraction of sp³-hybridized carbons (Fsp3) is 0.667. The lowest BCUT2D eigenvalue weighted by Crippen LogP contribution is -2.48. The molecule has 1 saturated heterocycles. The van der Waals surface area contributed by atoms with E-state index in [-0.39, 0.29) is 10.8 Å². The van der Waals surface area contributed by atoms with Gasteiger partial charge >= 0.3 is 5.69 Å². The zero-order valence-corrected chi connectivity index (χ0v) is 13.0. The lowest BCUT2D eigenvalue weighted by Gasteiger charge is -2.35. The summed E-state index contributed by atoms with van der Waals surface area (Å²) in [4.78, 5) is 24.7. The Morgan fingerprint density at radius 1 is 1.33 bits per heavy atom. The molecule has 0 radical (unpaired) electrons. The maximum atomic E-state index is 11.1. The monoisotopic (exact) mass is 314 g/mol. The van der Waals surface area contributed by atoms with Crippen molar-refractivity contribution in [3.05, 3.63) is 21.6 Å². The van der Waals surface area contributed by atoms with E-state index in [0.29, 0.717) is 18.9 Å². The van der Waals surface area contributed by atoms with Gasteiger partial charge in [-0.1, -0.05) is 11.6 Å². The van der Waals surface area contributed by atoms with Crippen molar-refractivity contribution in [2.75, 3.05) is 58.3 Å². The standard InChI is InChI=1S/C12H19ClN6O2/c1-16(2)3-4-17-5-7-18(8-6-17)12-10(19(20)21)11(13)14-9-15-12/h9H,3-8H2,1-2H3. The zero-order valence-electron chi connectivity index (χ0n) is 12.2. The van der Waals surface area contributed by atoms with E-state index in [9.17, 15) is 10.1 Å². The zero-order chi connectivity index (χ0) is 15.4. The molecule has 1 aliphatic heterocycles. The van der Waals surface area contributed by atoms with Crippen LogP contribution in [0.3, 0.4) is 0 Å². The third-order valence-electron chi connectivity index (χ3n) is 3.48. The Hall–Kier alpha value is -1.51. The van der Waals surface area contributed by atoms with Gasteiger partial charge in [0.2, 0.25) is 11.0 Å². The Labute approximate surface area is 128 Å². The number of nitrogens with zero attached hydrogens (tertiary/aromatic N) is 6. The molecular weight excluding hydrogens is 296 g/mol. The van der Waals surface area contributed by atoms with E-state index >= 15 is 0 Å². The first-order valence-corrected chi connectivity index (χ1v) is 7.13. The number of halogens is 1. The van der Waals surface area contributed by atoms with Crippen LogP contribution in [0.1, 0.15) is 0 Å². The fourth-order valence-corrected chi connectivity index (χ4v) is 2.46. The molecule has 8 nitrogen and oxygen atoms in total. The summed E-state index contributed by atoms with van der Waals surface area (Å²) in [5, 5.41) is 11.0. The highest BCUT2D eigenvalue weighted by Gasteiger charge is 2.28. The van der Waals surface area contributed by atoms with Gasteiger partial charge in [0.25, 0.3) is 0 Å². The van der Waals surface area contributed by atoms with E-state index in [0.717, 1.165) is 26.2 Å². The van der Waals surface area contributed by atoms with Crippen molar-refractivity contribution in [1.82, 2.24) is 19.8 Å². The van der Waals surface area contributed by atoms with Crippen LogP contribution < -0.4 is 4.90 Å². The minimum atomic E-state index is -0.518. The van der Waals surface area contributed by atoms with Gasteiger partial charge in [0.15, 0.2) is 0 Å². The predicted octanol–water partition coefficient (Wildman–Crippen LogP) is 0.722. The number of nitro groups is 1. The Morgan fingerprint density at radius 2 is 2.00 bits per heavy atom. The summed E-state index contributed by atoms with van der Waals surface area (Å²) in [5.41, 5.74) is -0.207. The van der Waals surface area contributed by atoms with Gasteiger partial charge in [0.05, 0.1) is 4.92 Å². The predicted molar refractivity (Wildman–Crippen MR) is 80.9 cm³/mol. The van der Waals surface area contributed by atoms with Crippen molar-refractivity contribution < 1.29 is 4.92 Å². The third kappa shape index (κ3) is 3.99. The normalized spacial score (nSPS) is 16.5. The van der Waals surface area contributed by atoms with Crippen LogP contribution in [0.15, 0.2) is 6.33 Å². The average Bonchev–Trinajstić information content (AvgIpc) is 2.45. The van der Waals surface area contributed by atoms with E-state index in [4.69, 9.17) is 11.6 Å². The van der Waals surface area contributed by atoms with Gasteiger partial charge in [-0.15, -0.1) is 0 Å². The third-order valence-corrected chi connectivity index (χ3v) is 3.75. The molecule has 2 heterocycles. The van der Waals surface area contributed by atoms with E-state index in [1.807, 2.05) is 19.0 Å². The van der Waals surface area contributed by atoms with E-state index < -0.39 is 4.92 Å². The molecule has 0 spiro atoms. The summed E-state index contributed by atoms with van der Waals surface area (Å²) in [6.45, 7) is 5.09. The molecule has 0 bridgehead atoms. The molecule has 0 aliphatic carbocycles. The number of rotatable bonds is 5. The van der Waals surface area contributed by atoms with Crippen LogP contribution in [0.5, 0.6) is 0 Å². The minimum absolute atomic E-state index is 0.111. The molecule has 0 aromatic carbocycles. The smallest absolute Gasteiger partial charge is 0.348 e. The maximum Gasteiger partial charge on any atom is 0.348 e. The van der Waals surface area contributed by atoms with Crippen LogP contribution in [0.4, 0.5) is 11.5 Å².